The third-order valence-corrected chi connectivity index (χ3v) is 8.49. The minimum atomic E-state index is 0. The Kier molecular flexibility index (Phi) is 5.61. The van der Waals surface area contributed by atoms with Crippen molar-refractivity contribution in [3.8, 4) is 11.3 Å². The topological polar surface area (TPSA) is 70.3 Å². The van der Waals surface area contributed by atoms with Gasteiger partial charge < -0.3 is 15.6 Å². The number of hydrogen-bond donors (Lipinski definition) is 2. The van der Waals surface area contributed by atoms with E-state index < -0.39 is 0 Å². The highest BCUT2D eigenvalue weighted by Crippen LogP contribution is 2.44. The molecule has 5 nitrogen and oxygen atoms in total. The molecule has 1 aliphatic heterocycles. The molecule has 0 radical (unpaired) electrons. The van der Waals surface area contributed by atoms with Gasteiger partial charge in [0.2, 0.25) is 0 Å². The summed E-state index contributed by atoms with van der Waals surface area (Å²) in [5.74, 6) is 1.84. The first kappa shape index (κ1) is 20.7. The Labute approximate surface area is 190 Å². The maximum atomic E-state index is 5.45. The molecule has 1 aliphatic carbocycles. The normalized spacial score (nSPS) is 19.1. The number of H-pyrrole nitrogens is 1. The van der Waals surface area contributed by atoms with Gasteiger partial charge in [-0.3, -0.25) is 0 Å². The Hall–Kier alpha value is -2.18. The summed E-state index contributed by atoms with van der Waals surface area (Å²) in [6.45, 7) is 9.15. The van der Waals surface area contributed by atoms with Crippen LogP contribution in [0.1, 0.15) is 75.2 Å². The molecule has 2 aliphatic rings. The molecule has 0 atom stereocenters. The molecule has 4 heterocycles. The number of aryl methyl sites for hydroxylation is 1. The van der Waals surface area contributed by atoms with Gasteiger partial charge in [0.1, 0.15) is 0 Å². The van der Waals surface area contributed by atoms with Crippen molar-refractivity contribution in [1.29, 1.82) is 0 Å². The molecule has 3 aromatic rings. The molecule has 0 aromatic carbocycles. The summed E-state index contributed by atoms with van der Waals surface area (Å²) in [5, 5.41) is 0. The fourth-order valence-corrected chi connectivity index (χ4v) is 6.69. The number of fused-ring (bicyclic) bond motifs is 1. The van der Waals surface area contributed by atoms with Gasteiger partial charge in [-0.15, -0.1) is 11.3 Å². The van der Waals surface area contributed by atoms with Gasteiger partial charge in [0.25, 0.3) is 0 Å². The van der Waals surface area contributed by atoms with Crippen LogP contribution in [0.5, 0.6) is 0 Å². The Bertz CT molecular complexity index is 1100. The number of piperidine rings is 1. The van der Waals surface area contributed by atoms with Crippen LogP contribution in [0.25, 0.3) is 21.5 Å². The number of rotatable bonds is 5. The maximum absolute atomic E-state index is 5.45. The van der Waals surface area contributed by atoms with Crippen molar-refractivity contribution >= 4 is 33.7 Å². The molecule has 3 aromatic heterocycles. The quantitative estimate of drug-likeness (QED) is 0.362. The molecular formula is C25H35N5S. The van der Waals surface area contributed by atoms with Crippen LogP contribution in [0.3, 0.4) is 0 Å². The molecule has 0 spiro atoms. The van der Waals surface area contributed by atoms with Crippen LogP contribution in [0.15, 0.2) is 23.3 Å². The van der Waals surface area contributed by atoms with Gasteiger partial charge in [-0.1, -0.05) is 20.3 Å². The van der Waals surface area contributed by atoms with Gasteiger partial charge in [0.15, 0.2) is 5.82 Å². The summed E-state index contributed by atoms with van der Waals surface area (Å²) >= 11 is 2.01. The number of nitrogens with zero attached hydrogens (tertiary/aromatic N) is 3. The van der Waals surface area contributed by atoms with E-state index in [-0.39, 0.29) is 1.43 Å². The summed E-state index contributed by atoms with van der Waals surface area (Å²) < 4.78 is 1.42. The van der Waals surface area contributed by atoms with Crippen LogP contribution in [0.2, 0.25) is 0 Å². The number of nitrogens with one attached hydrogen (secondary N) is 1. The van der Waals surface area contributed by atoms with E-state index >= 15 is 0 Å². The van der Waals surface area contributed by atoms with Crippen molar-refractivity contribution in [2.24, 2.45) is 10.7 Å². The van der Waals surface area contributed by atoms with E-state index in [1.54, 1.807) is 4.88 Å². The molecule has 2 fully saturated rings. The Balaban J connectivity index is 0.00000245. The molecule has 31 heavy (non-hydrogen) atoms. The minimum absolute atomic E-state index is 0. The number of thiophene rings is 1. The Morgan fingerprint density at radius 1 is 1.26 bits per heavy atom. The minimum Gasteiger partial charge on any atom is -0.390 e. The number of hydrogen-bond acceptors (Lipinski definition) is 4. The van der Waals surface area contributed by atoms with Gasteiger partial charge >= 0.3 is 0 Å². The average molecular weight is 438 g/mol. The van der Waals surface area contributed by atoms with E-state index in [9.17, 15) is 0 Å². The molecular weight excluding hydrogens is 402 g/mol. The van der Waals surface area contributed by atoms with Gasteiger partial charge in [0, 0.05) is 24.1 Å². The number of likely N-dealkylation sites (tertiary alicyclic amines) is 1. The van der Waals surface area contributed by atoms with Crippen molar-refractivity contribution in [3.05, 3.63) is 34.3 Å². The first-order chi connectivity index (χ1) is 15.0. The molecule has 0 amide bonds. The molecule has 3 N–H and O–H groups in total. The molecule has 0 unspecified atom stereocenters. The standard InChI is InChI=1S/C25H33N5S.H2/c1-15(2)22-23(18-11-16(3)25(27-13-18)28-14-26)29-20-12-21(31-24(20)22)17-7-9-30(10-8-17)19-5-4-6-19;/h11-15,17,19,29H,4-10H2,1-3H3,(H2,26,27,28);1H. The summed E-state index contributed by atoms with van der Waals surface area (Å²) in [4.78, 5) is 16.7. The van der Waals surface area contributed by atoms with E-state index in [0.717, 1.165) is 17.2 Å². The van der Waals surface area contributed by atoms with Crippen molar-refractivity contribution < 1.29 is 1.43 Å². The molecule has 0 bridgehead atoms. The molecule has 6 heteroatoms. The Morgan fingerprint density at radius 3 is 2.65 bits per heavy atom. The second kappa shape index (κ2) is 8.40. The lowest BCUT2D eigenvalue weighted by Gasteiger charge is -2.41. The highest BCUT2D eigenvalue weighted by molar-refractivity contribution is 7.19. The zero-order valence-electron chi connectivity index (χ0n) is 18.8. The zero-order valence-corrected chi connectivity index (χ0v) is 19.6. The molecule has 166 valence electrons. The number of aromatic amines is 1. The maximum Gasteiger partial charge on any atom is 0.156 e. The van der Waals surface area contributed by atoms with Crippen LogP contribution in [0.4, 0.5) is 5.82 Å². The Morgan fingerprint density at radius 2 is 2.03 bits per heavy atom. The van der Waals surface area contributed by atoms with Gasteiger partial charge in [-0.2, -0.15) is 0 Å². The van der Waals surface area contributed by atoms with Crippen LogP contribution in [-0.2, 0) is 0 Å². The van der Waals surface area contributed by atoms with Crippen LogP contribution >= 0.6 is 11.3 Å². The lowest BCUT2D eigenvalue weighted by molar-refractivity contribution is 0.0980. The number of aromatic nitrogens is 2. The van der Waals surface area contributed by atoms with Gasteiger partial charge in [0.05, 0.1) is 22.2 Å². The average Bonchev–Trinajstić information content (AvgIpc) is 3.27. The monoisotopic (exact) mass is 437 g/mol. The van der Waals surface area contributed by atoms with Crippen LogP contribution in [0, 0.1) is 6.92 Å². The third-order valence-electron chi connectivity index (χ3n) is 7.16. The lowest BCUT2D eigenvalue weighted by Crippen LogP contribution is -2.44. The van der Waals surface area contributed by atoms with Crippen molar-refractivity contribution in [1.82, 2.24) is 14.9 Å². The predicted octanol–water partition coefficient (Wildman–Crippen LogP) is 6.32. The number of aliphatic imine (C=N–C) groups is 1. The van der Waals surface area contributed by atoms with Crippen molar-refractivity contribution in [2.45, 2.75) is 70.8 Å². The summed E-state index contributed by atoms with van der Waals surface area (Å²) in [5.41, 5.74) is 11.5. The zero-order chi connectivity index (χ0) is 21.5. The SMILES string of the molecule is Cc1cc(-c2[nH]c3cc(C4CCN(C5CCC5)CC4)sc3c2C(C)C)cnc1N=CN.[HH]. The fourth-order valence-electron chi connectivity index (χ4n) is 5.21. The molecule has 5 rings (SSSR count). The second-order valence-corrected chi connectivity index (χ2v) is 10.6. The van der Waals surface area contributed by atoms with Gasteiger partial charge in [-0.25, -0.2) is 9.98 Å². The summed E-state index contributed by atoms with van der Waals surface area (Å²) in [6, 6.07) is 5.47. The van der Waals surface area contributed by atoms with Crippen molar-refractivity contribution in [2.75, 3.05) is 13.1 Å². The second-order valence-electron chi connectivity index (χ2n) is 9.50. The molecule has 1 saturated carbocycles. The lowest BCUT2D eigenvalue weighted by atomic mass is 9.87. The first-order valence-corrected chi connectivity index (χ1v) is 12.5. The van der Waals surface area contributed by atoms with E-state index in [2.05, 4.69) is 45.8 Å². The van der Waals surface area contributed by atoms with Gasteiger partial charge in [-0.05, 0) is 80.8 Å². The number of pyridine rings is 1. The number of nitrogens with two attached hydrogens (primary N) is 1. The third kappa shape index (κ3) is 3.80. The van der Waals surface area contributed by atoms with Crippen molar-refractivity contribution in [3.63, 3.8) is 0 Å². The van der Waals surface area contributed by atoms with Crippen LogP contribution < -0.4 is 5.73 Å². The smallest absolute Gasteiger partial charge is 0.156 e. The van der Waals surface area contributed by atoms with E-state index in [1.165, 1.54) is 73.0 Å². The first-order valence-electron chi connectivity index (χ1n) is 11.7. The summed E-state index contributed by atoms with van der Waals surface area (Å²) in [6.07, 6.45) is 10.1. The van der Waals surface area contributed by atoms with E-state index in [0.29, 0.717) is 17.7 Å². The largest absolute Gasteiger partial charge is 0.390 e. The fraction of sp³-hybridized carbons (Fsp3) is 0.520. The van der Waals surface area contributed by atoms with Crippen LogP contribution in [-0.4, -0.2) is 40.3 Å². The van der Waals surface area contributed by atoms with E-state index in [4.69, 9.17) is 5.73 Å². The predicted molar refractivity (Wildman–Crippen MR) is 134 cm³/mol. The molecule has 1 saturated heterocycles. The summed E-state index contributed by atoms with van der Waals surface area (Å²) in [7, 11) is 0. The highest BCUT2D eigenvalue weighted by atomic mass is 32.1. The highest BCUT2D eigenvalue weighted by Gasteiger charge is 2.30. The van der Waals surface area contributed by atoms with E-state index in [1.807, 2.05) is 24.5 Å².